The molecule has 7 heteroatoms. The molecule has 4 heterocycles. The van der Waals surface area contributed by atoms with Crippen LogP contribution in [0.2, 0.25) is 0 Å². The Bertz CT molecular complexity index is 913. The van der Waals surface area contributed by atoms with E-state index >= 15 is 0 Å². The highest BCUT2D eigenvalue weighted by Crippen LogP contribution is 2.40. The number of ether oxygens (including phenoxy) is 1. The second-order valence-electron chi connectivity index (χ2n) is 8.74. The Morgan fingerprint density at radius 3 is 2.89 bits per heavy atom. The third-order valence-corrected chi connectivity index (χ3v) is 6.30. The summed E-state index contributed by atoms with van der Waals surface area (Å²) in [6, 6.07) is 9.88. The largest absolute Gasteiger partial charge is 0.377 e. The lowest BCUT2D eigenvalue weighted by molar-refractivity contribution is -0.109. The third-order valence-electron chi connectivity index (χ3n) is 6.30. The maximum Gasteiger partial charge on any atom is 0.272 e. The summed E-state index contributed by atoms with van der Waals surface area (Å²) in [4.78, 5) is 13.0. The van der Waals surface area contributed by atoms with Gasteiger partial charge in [-0.3, -0.25) is 9.48 Å². The van der Waals surface area contributed by atoms with E-state index in [0.29, 0.717) is 12.3 Å². The molecule has 0 aliphatic carbocycles. The van der Waals surface area contributed by atoms with E-state index < -0.39 is 0 Å². The molecule has 1 aromatic heterocycles. The van der Waals surface area contributed by atoms with E-state index in [1.54, 1.807) is 0 Å². The first-order valence-electron chi connectivity index (χ1n) is 10.1. The number of rotatable bonds is 2. The highest BCUT2D eigenvalue weighted by atomic mass is 16.5. The van der Waals surface area contributed by atoms with Crippen molar-refractivity contribution in [3.8, 4) is 0 Å². The second-order valence-corrected chi connectivity index (χ2v) is 8.74. The first-order valence-corrected chi connectivity index (χ1v) is 10.1. The van der Waals surface area contributed by atoms with Gasteiger partial charge in [0, 0.05) is 5.69 Å². The smallest absolute Gasteiger partial charge is 0.272 e. The monoisotopic (exact) mass is 381 g/mol. The van der Waals surface area contributed by atoms with Gasteiger partial charge in [0.2, 0.25) is 0 Å². The number of fused-ring (bicyclic) bond motifs is 2. The van der Waals surface area contributed by atoms with Crippen molar-refractivity contribution in [2.45, 2.75) is 57.0 Å². The number of benzene rings is 1. The molecule has 1 atom stereocenters. The molecule has 1 unspecified atom stereocenters. The number of carbonyl (C=O) groups is 1. The summed E-state index contributed by atoms with van der Waals surface area (Å²) >= 11 is 0. The summed E-state index contributed by atoms with van der Waals surface area (Å²) in [6.45, 7) is 7.37. The highest BCUT2D eigenvalue weighted by Gasteiger charge is 2.41. The molecule has 0 bridgehead atoms. The van der Waals surface area contributed by atoms with Crippen LogP contribution in [0.5, 0.6) is 0 Å². The van der Waals surface area contributed by atoms with Crippen LogP contribution in [0.15, 0.2) is 30.3 Å². The number of carbonyl (C=O) groups excluding carboxylic acids is 1. The van der Waals surface area contributed by atoms with Crippen molar-refractivity contribution in [2.75, 3.05) is 18.4 Å². The number of nitrogens with one attached hydrogen (secondary N) is 3. The number of hydrogen-bond acceptors (Lipinski definition) is 5. The molecule has 5 rings (SSSR count). The topological polar surface area (TPSA) is 80.2 Å². The molecule has 148 valence electrons. The molecule has 1 fully saturated rings. The molecule has 0 radical (unpaired) electrons. The van der Waals surface area contributed by atoms with Crippen molar-refractivity contribution in [1.29, 1.82) is 0 Å². The minimum absolute atomic E-state index is 0.109. The lowest BCUT2D eigenvalue weighted by Crippen LogP contribution is -2.49. The molecule has 1 amide bonds. The summed E-state index contributed by atoms with van der Waals surface area (Å²) in [5, 5.41) is 14.7. The van der Waals surface area contributed by atoms with Gasteiger partial charge in [-0.2, -0.15) is 5.10 Å². The van der Waals surface area contributed by atoms with E-state index in [0.717, 1.165) is 49.4 Å². The Hall–Kier alpha value is -2.38. The molecule has 2 aromatic rings. The quantitative estimate of drug-likeness (QED) is 0.743. The Morgan fingerprint density at radius 1 is 1.29 bits per heavy atom. The van der Waals surface area contributed by atoms with Gasteiger partial charge in [0.1, 0.15) is 0 Å². The van der Waals surface area contributed by atoms with E-state index in [2.05, 4.69) is 41.0 Å². The summed E-state index contributed by atoms with van der Waals surface area (Å²) in [5.41, 5.74) is 3.21. The molecule has 1 saturated heterocycles. The molecular formula is C21H27N5O2. The first kappa shape index (κ1) is 17.7. The summed E-state index contributed by atoms with van der Waals surface area (Å²) in [5.74, 6) is -0.141. The Kier molecular flexibility index (Phi) is 4.00. The van der Waals surface area contributed by atoms with E-state index in [-0.39, 0.29) is 23.1 Å². The van der Waals surface area contributed by atoms with Gasteiger partial charge in [0.05, 0.1) is 36.0 Å². The number of aromatic nitrogens is 2. The molecular weight excluding hydrogens is 354 g/mol. The van der Waals surface area contributed by atoms with Crippen molar-refractivity contribution in [2.24, 2.45) is 0 Å². The summed E-state index contributed by atoms with van der Waals surface area (Å²) < 4.78 is 8.16. The van der Waals surface area contributed by atoms with E-state index in [1.807, 2.05) is 28.9 Å². The molecule has 3 N–H and O–H groups in total. The van der Waals surface area contributed by atoms with Gasteiger partial charge >= 0.3 is 0 Å². The van der Waals surface area contributed by atoms with Crippen LogP contribution >= 0.6 is 0 Å². The minimum Gasteiger partial charge on any atom is -0.377 e. The van der Waals surface area contributed by atoms with Gasteiger partial charge in [-0.1, -0.05) is 18.2 Å². The molecule has 3 aliphatic heterocycles. The average Bonchev–Trinajstić information content (AvgIpc) is 3.20. The Balaban J connectivity index is 1.36. The third kappa shape index (κ3) is 2.89. The van der Waals surface area contributed by atoms with E-state index in [1.165, 1.54) is 0 Å². The molecule has 0 saturated carbocycles. The standard InChI is InChI=1S/C21H27N5O2/c1-20(2)18(15-5-3-4-6-16(15)24-20)23-19(27)17-11-14-12-28-21(13-26(14)25-17)7-9-22-10-8-21/h3-6,11,18,22,24H,7-10,12-13H2,1-2H3,(H,23,27). The van der Waals surface area contributed by atoms with E-state index in [4.69, 9.17) is 4.74 Å². The van der Waals surface area contributed by atoms with Gasteiger partial charge in [0.25, 0.3) is 5.91 Å². The molecule has 1 spiro atoms. The van der Waals surface area contributed by atoms with Crippen LogP contribution in [0.1, 0.15) is 54.5 Å². The fraction of sp³-hybridized carbons (Fsp3) is 0.524. The molecule has 3 aliphatic rings. The molecule has 7 nitrogen and oxygen atoms in total. The van der Waals surface area contributed by atoms with Gasteiger partial charge < -0.3 is 20.7 Å². The predicted molar refractivity (Wildman–Crippen MR) is 106 cm³/mol. The Morgan fingerprint density at radius 2 is 2.07 bits per heavy atom. The van der Waals surface area contributed by atoms with Gasteiger partial charge in [-0.15, -0.1) is 0 Å². The number of nitrogens with zero attached hydrogens (tertiary/aromatic N) is 2. The number of piperidine rings is 1. The zero-order valence-electron chi connectivity index (χ0n) is 16.4. The van der Waals surface area contributed by atoms with Crippen LogP contribution in [0.3, 0.4) is 0 Å². The van der Waals surface area contributed by atoms with Crippen LogP contribution in [0.25, 0.3) is 0 Å². The number of anilines is 1. The van der Waals surface area contributed by atoms with E-state index in [9.17, 15) is 4.79 Å². The number of hydrogen-bond donors (Lipinski definition) is 3. The summed E-state index contributed by atoms with van der Waals surface area (Å²) in [7, 11) is 0. The van der Waals surface area contributed by atoms with Gasteiger partial charge in [-0.25, -0.2) is 0 Å². The second kappa shape index (κ2) is 6.32. The maximum atomic E-state index is 13.0. The fourth-order valence-electron chi connectivity index (χ4n) is 4.68. The number of amides is 1. The lowest BCUT2D eigenvalue weighted by atomic mass is 9.91. The zero-order chi connectivity index (χ0) is 19.4. The normalized spacial score (nSPS) is 24.3. The molecule has 1 aromatic carbocycles. The van der Waals surface area contributed by atoms with Gasteiger partial charge in [-0.05, 0) is 57.5 Å². The van der Waals surface area contributed by atoms with Crippen LogP contribution < -0.4 is 16.0 Å². The van der Waals surface area contributed by atoms with Crippen molar-refractivity contribution >= 4 is 11.6 Å². The van der Waals surface area contributed by atoms with Crippen molar-refractivity contribution in [3.63, 3.8) is 0 Å². The van der Waals surface area contributed by atoms with Crippen molar-refractivity contribution < 1.29 is 9.53 Å². The van der Waals surface area contributed by atoms with Crippen LogP contribution in [0.4, 0.5) is 5.69 Å². The minimum atomic E-state index is -0.263. The lowest BCUT2D eigenvalue weighted by Gasteiger charge is -2.40. The predicted octanol–water partition coefficient (Wildman–Crippen LogP) is 2.21. The summed E-state index contributed by atoms with van der Waals surface area (Å²) in [6.07, 6.45) is 1.96. The fourth-order valence-corrected chi connectivity index (χ4v) is 4.68. The van der Waals surface area contributed by atoms with Gasteiger partial charge in [0.15, 0.2) is 5.69 Å². The average molecular weight is 381 g/mol. The Labute approximate surface area is 164 Å². The van der Waals surface area contributed by atoms with Crippen molar-refractivity contribution in [3.05, 3.63) is 47.3 Å². The SMILES string of the molecule is CC1(C)Nc2ccccc2C1NC(=O)c1cc2n(n1)CC1(CCNCC1)OC2. The number of para-hydroxylation sites is 1. The van der Waals surface area contributed by atoms with Crippen LogP contribution in [-0.2, 0) is 17.9 Å². The zero-order valence-corrected chi connectivity index (χ0v) is 16.4. The highest BCUT2D eigenvalue weighted by molar-refractivity contribution is 5.93. The van der Waals surface area contributed by atoms with Crippen molar-refractivity contribution in [1.82, 2.24) is 20.4 Å². The first-order chi connectivity index (χ1) is 13.5. The molecule has 28 heavy (non-hydrogen) atoms. The maximum absolute atomic E-state index is 13.0. The van der Waals surface area contributed by atoms with Crippen LogP contribution in [-0.4, -0.2) is 39.9 Å². The van der Waals surface area contributed by atoms with Crippen LogP contribution in [0, 0.1) is 0 Å².